The Morgan fingerprint density at radius 2 is 2.00 bits per heavy atom. The number of guanidine groups is 1. The van der Waals surface area contributed by atoms with Crippen LogP contribution in [0.25, 0.3) is 0 Å². The molecule has 3 N–H and O–H groups in total. The molecule has 32 heavy (non-hydrogen) atoms. The van der Waals surface area contributed by atoms with Crippen LogP contribution in [0.4, 0.5) is 0 Å². The number of ether oxygens (including phenoxy) is 1. The minimum Gasteiger partial charge on any atom is -0.376 e. The third-order valence-corrected chi connectivity index (χ3v) is 5.48. The second-order valence-electron chi connectivity index (χ2n) is 7.51. The fraction of sp³-hybridized carbons (Fsp3) is 0.417. The van der Waals surface area contributed by atoms with Gasteiger partial charge in [0.2, 0.25) is 0 Å². The fourth-order valence-electron chi connectivity index (χ4n) is 3.45. The molecule has 2 aromatic carbocycles. The summed E-state index contributed by atoms with van der Waals surface area (Å²) in [5.74, 6) is 0.661. The molecule has 1 unspecified atom stereocenters. The molecule has 1 amide bonds. The molecule has 174 valence electrons. The third-order valence-electron chi connectivity index (χ3n) is 5.11. The average molecular weight is 571 g/mol. The van der Waals surface area contributed by atoms with Crippen LogP contribution in [0, 0.1) is 0 Å². The lowest BCUT2D eigenvalue weighted by Crippen LogP contribution is -2.38. The van der Waals surface area contributed by atoms with Gasteiger partial charge in [0.05, 0.1) is 12.6 Å². The van der Waals surface area contributed by atoms with E-state index in [1.807, 2.05) is 55.5 Å². The van der Waals surface area contributed by atoms with Crippen molar-refractivity contribution in [1.82, 2.24) is 16.0 Å². The van der Waals surface area contributed by atoms with Crippen LogP contribution in [0.1, 0.15) is 41.3 Å². The topological polar surface area (TPSA) is 74.8 Å². The monoisotopic (exact) mass is 570 g/mol. The Kier molecular flexibility index (Phi) is 11.8. The van der Waals surface area contributed by atoms with E-state index < -0.39 is 0 Å². The van der Waals surface area contributed by atoms with Crippen LogP contribution >= 0.6 is 35.6 Å². The zero-order valence-corrected chi connectivity index (χ0v) is 21.5. The lowest BCUT2D eigenvalue weighted by molar-refractivity contribution is 0.0857. The molecule has 1 aliphatic rings. The number of amides is 1. The van der Waals surface area contributed by atoms with E-state index in [2.05, 4.69) is 20.9 Å². The van der Waals surface area contributed by atoms with Crippen LogP contribution < -0.4 is 16.0 Å². The summed E-state index contributed by atoms with van der Waals surface area (Å²) in [6.07, 6.45) is 3.02. The van der Waals surface area contributed by atoms with E-state index >= 15 is 0 Å². The van der Waals surface area contributed by atoms with E-state index in [1.165, 1.54) is 0 Å². The van der Waals surface area contributed by atoms with Crippen LogP contribution in [-0.4, -0.2) is 44.2 Å². The molecule has 8 heteroatoms. The standard InChI is InChI=1S/C24H31ClN4O2.HI/c1-2-26-24(27-13-12-19-8-3-4-11-22(19)25)29-16-18-7-5-9-20(15-18)23(30)28-17-21-10-6-14-31-21;/h3-5,7-9,11,15,21H,2,6,10,12-14,16-17H2,1H3,(H,28,30)(H2,26,27,29);1H. The molecule has 1 aliphatic heterocycles. The SMILES string of the molecule is CCNC(=NCc1cccc(C(=O)NCC2CCCO2)c1)NCCc1ccccc1Cl.I. The molecule has 0 aromatic heterocycles. The molecule has 0 aliphatic carbocycles. The van der Waals surface area contributed by atoms with Gasteiger partial charge in [0.1, 0.15) is 0 Å². The average Bonchev–Trinajstić information content (AvgIpc) is 3.31. The van der Waals surface area contributed by atoms with Gasteiger partial charge in [-0.2, -0.15) is 0 Å². The molecule has 1 fully saturated rings. The van der Waals surface area contributed by atoms with E-state index in [4.69, 9.17) is 16.3 Å². The van der Waals surface area contributed by atoms with Crippen LogP contribution in [0.2, 0.25) is 5.02 Å². The minimum absolute atomic E-state index is 0. The second-order valence-corrected chi connectivity index (χ2v) is 7.92. The van der Waals surface area contributed by atoms with E-state index in [1.54, 1.807) is 0 Å². The maximum atomic E-state index is 12.5. The van der Waals surface area contributed by atoms with E-state index in [0.717, 1.165) is 61.1 Å². The number of hydrogen-bond acceptors (Lipinski definition) is 3. The summed E-state index contributed by atoms with van der Waals surface area (Å²) < 4.78 is 5.56. The summed E-state index contributed by atoms with van der Waals surface area (Å²) in [5, 5.41) is 10.3. The number of benzene rings is 2. The molecule has 3 rings (SSSR count). The minimum atomic E-state index is -0.0777. The van der Waals surface area contributed by atoms with Gasteiger partial charge in [-0.15, -0.1) is 24.0 Å². The molecule has 2 aromatic rings. The molecule has 1 heterocycles. The first kappa shape index (κ1) is 26.4. The molecule has 1 atom stereocenters. The molecule has 6 nitrogen and oxygen atoms in total. The highest BCUT2D eigenvalue weighted by atomic mass is 127. The molecule has 0 radical (unpaired) electrons. The van der Waals surface area contributed by atoms with Crippen molar-refractivity contribution < 1.29 is 9.53 Å². The van der Waals surface area contributed by atoms with Crippen LogP contribution in [0.5, 0.6) is 0 Å². The van der Waals surface area contributed by atoms with Gasteiger partial charge in [-0.05, 0) is 55.5 Å². The van der Waals surface area contributed by atoms with Crippen molar-refractivity contribution in [1.29, 1.82) is 0 Å². The van der Waals surface area contributed by atoms with E-state index in [9.17, 15) is 4.79 Å². The summed E-state index contributed by atoms with van der Waals surface area (Å²) >= 11 is 6.23. The summed E-state index contributed by atoms with van der Waals surface area (Å²) in [7, 11) is 0. The molecular formula is C24H32ClIN4O2. The lowest BCUT2D eigenvalue weighted by Gasteiger charge is -2.12. The predicted octanol–water partition coefficient (Wildman–Crippen LogP) is 4.16. The number of carbonyl (C=O) groups is 1. The fourth-order valence-corrected chi connectivity index (χ4v) is 3.68. The highest BCUT2D eigenvalue weighted by Gasteiger charge is 2.16. The Balaban J connectivity index is 0.00000363. The largest absolute Gasteiger partial charge is 0.376 e. The number of hydrogen-bond donors (Lipinski definition) is 3. The maximum Gasteiger partial charge on any atom is 0.251 e. The molecule has 0 saturated carbocycles. The highest BCUT2D eigenvalue weighted by molar-refractivity contribution is 14.0. The Morgan fingerprint density at radius 1 is 1.16 bits per heavy atom. The Labute approximate surface area is 212 Å². The Morgan fingerprint density at radius 3 is 2.75 bits per heavy atom. The van der Waals surface area contributed by atoms with Crippen LogP contribution in [-0.2, 0) is 17.7 Å². The molecule has 0 spiro atoms. The lowest BCUT2D eigenvalue weighted by atomic mass is 10.1. The quantitative estimate of drug-likeness (QED) is 0.240. The first-order valence-electron chi connectivity index (χ1n) is 10.9. The van der Waals surface area contributed by atoms with Crippen molar-refractivity contribution in [2.75, 3.05) is 26.2 Å². The summed E-state index contributed by atoms with van der Waals surface area (Å²) in [4.78, 5) is 17.1. The smallest absolute Gasteiger partial charge is 0.251 e. The number of halogens is 2. The van der Waals surface area contributed by atoms with Crippen LogP contribution in [0.3, 0.4) is 0 Å². The number of nitrogens with one attached hydrogen (secondary N) is 3. The number of carbonyl (C=O) groups excluding carboxylic acids is 1. The van der Waals surface area contributed by atoms with Gasteiger partial charge in [0, 0.05) is 36.8 Å². The molecule has 0 bridgehead atoms. The van der Waals surface area contributed by atoms with Crippen molar-refractivity contribution in [2.24, 2.45) is 4.99 Å². The van der Waals surface area contributed by atoms with Crippen molar-refractivity contribution in [3.05, 3.63) is 70.2 Å². The van der Waals surface area contributed by atoms with Gasteiger partial charge in [-0.3, -0.25) is 4.79 Å². The van der Waals surface area contributed by atoms with E-state index in [0.29, 0.717) is 18.7 Å². The van der Waals surface area contributed by atoms with Crippen molar-refractivity contribution in [2.45, 2.75) is 38.8 Å². The Hall–Kier alpha value is -1.84. The predicted molar refractivity (Wildman–Crippen MR) is 141 cm³/mol. The zero-order chi connectivity index (χ0) is 21.9. The van der Waals surface area contributed by atoms with Gasteiger partial charge in [0.25, 0.3) is 5.91 Å². The van der Waals surface area contributed by atoms with Gasteiger partial charge in [0.15, 0.2) is 5.96 Å². The van der Waals surface area contributed by atoms with Crippen molar-refractivity contribution in [3.8, 4) is 0 Å². The summed E-state index contributed by atoms with van der Waals surface area (Å²) in [6.45, 7) is 5.35. The number of aliphatic imine (C=N–C) groups is 1. The molecule has 1 saturated heterocycles. The number of rotatable bonds is 9. The summed E-state index contributed by atoms with van der Waals surface area (Å²) in [6, 6.07) is 15.4. The highest BCUT2D eigenvalue weighted by Crippen LogP contribution is 2.15. The molecular weight excluding hydrogens is 539 g/mol. The van der Waals surface area contributed by atoms with Crippen molar-refractivity contribution in [3.63, 3.8) is 0 Å². The van der Waals surface area contributed by atoms with Gasteiger partial charge in [-0.1, -0.05) is 41.9 Å². The van der Waals surface area contributed by atoms with E-state index in [-0.39, 0.29) is 36.0 Å². The second kappa shape index (κ2) is 14.3. The summed E-state index contributed by atoms with van der Waals surface area (Å²) in [5.41, 5.74) is 2.73. The maximum absolute atomic E-state index is 12.5. The van der Waals surface area contributed by atoms with Crippen molar-refractivity contribution >= 4 is 47.4 Å². The zero-order valence-electron chi connectivity index (χ0n) is 18.4. The third kappa shape index (κ3) is 8.60. The first-order valence-corrected chi connectivity index (χ1v) is 11.3. The Bertz CT molecular complexity index is 888. The first-order chi connectivity index (χ1) is 15.2. The van der Waals surface area contributed by atoms with Crippen LogP contribution in [0.15, 0.2) is 53.5 Å². The normalized spacial score (nSPS) is 15.7. The van der Waals surface area contributed by atoms with Gasteiger partial charge in [-0.25, -0.2) is 4.99 Å². The number of nitrogens with zero attached hydrogens (tertiary/aromatic N) is 1. The van der Waals surface area contributed by atoms with Gasteiger partial charge < -0.3 is 20.7 Å². The van der Waals surface area contributed by atoms with Gasteiger partial charge >= 0.3 is 0 Å².